The summed E-state index contributed by atoms with van der Waals surface area (Å²) in [7, 11) is 1.90. The van der Waals surface area contributed by atoms with Crippen molar-refractivity contribution in [2.75, 3.05) is 20.1 Å². The van der Waals surface area contributed by atoms with Gasteiger partial charge in [0.15, 0.2) is 0 Å². The fraction of sp³-hybridized carbons (Fsp3) is 1.00. The van der Waals surface area contributed by atoms with E-state index in [1.54, 1.807) is 0 Å². The zero-order valence-corrected chi connectivity index (χ0v) is 6.43. The van der Waals surface area contributed by atoms with Crippen LogP contribution in [0.2, 0.25) is 0 Å². The van der Waals surface area contributed by atoms with Gasteiger partial charge in [-0.15, -0.1) is 0 Å². The molecule has 0 saturated carbocycles. The van der Waals surface area contributed by atoms with Crippen LogP contribution in [0.3, 0.4) is 0 Å². The van der Waals surface area contributed by atoms with Gasteiger partial charge in [0.25, 0.3) is 0 Å². The number of aliphatic hydroxyl groups excluding tert-OH is 1. The van der Waals surface area contributed by atoms with Crippen LogP contribution in [0.15, 0.2) is 0 Å². The van der Waals surface area contributed by atoms with Gasteiger partial charge in [-0.25, -0.2) is 0 Å². The Morgan fingerprint density at radius 1 is 1.60 bits per heavy atom. The van der Waals surface area contributed by atoms with Crippen LogP contribution in [0.1, 0.15) is 12.8 Å². The molecule has 1 rings (SSSR count). The Morgan fingerprint density at radius 3 is 3.10 bits per heavy atom. The monoisotopic (exact) mass is 144 g/mol. The highest BCUT2D eigenvalue weighted by Gasteiger charge is 2.18. The third-order valence-corrected chi connectivity index (χ3v) is 2.06. The maximum absolute atomic E-state index is 9.42. The lowest BCUT2D eigenvalue weighted by Crippen LogP contribution is -2.40. The molecule has 0 aliphatic carbocycles. The largest absolute Gasteiger partial charge is 0.390 e. The molecule has 0 bridgehead atoms. The quantitative estimate of drug-likeness (QED) is 0.457. The molecule has 1 aliphatic heterocycles. The minimum atomic E-state index is -0.215. The fourth-order valence-electron chi connectivity index (χ4n) is 1.37. The van der Waals surface area contributed by atoms with E-state index in [1.165, 1.54) is 0 Å². The molecule has 0 amide bonds. The van der Waals surface area contributed by atoms with Gasteiger partial charge in [0.05, 0.1) is 6.10 Å². The Kier molecular flexibility index (Phi) is 3.12. The number of hydrogen-bond donors (Lipinski definition) is 3. The van der Waals surface area contributed by atoms with Crippen LogP contribution in [0, 0.1) is 0 Å². The molecule has 0 spiro atoms. The minimum absolute atomic E-state index is 0.215. The number of likely N-dealkylation sites (N-methyl/N-ethyl adjacent to an activating group) is 1. The molecule has 10 heavy (non-hydrogen) atoms. The van der Waals surface area contributed by atoms with Crippen LogP contribution in [0.5, 0.6) is 0 Å². The number of aliphatic hydroxyl groups is 1. The van der Waals surface area contributed by atoms with Crippen molar-refractivity contribution in [3.8, 4) is 0 Å². The first-order chi connectivity index (χ1) is 4.84. The average molecular weight is 144 g/mol. The van der Waals surface area contributed by atoms with Crippen molar-refractivity contribution in [2.24, 2.45) is 0 Å². The lowest BCUT2D eigenvalue weighted by atomic mass is 10.1. The normalized spacial score (nSPS) is 35.4. The highest BCUT2D eigenvalue weighted by atomic mass is 16.3. The van der Waals surface area contributed by atoms with E-state index in [1.807, 2.05) is 7.05 Å². The zero-order chi connectivity index (χ0) is 7.40. The highest BCUT2D eigenvalue weighted by molar-refractivity contribution is 4.79. The van der Waals surface area contributed by atoms with E-state index in [4.69, 9.17) is 0 Å². The number of rotatable bonds is 1. The summed E-state index contributed by atoms with van der Waals surface area (Å²) in [6, 6.07) is 0.287. The third kappa shape index (κ3) is 1.94. The molecule has 60 valence electrons. The maximum Gasteiger partial charge on any atom is 0.0817 e. The van der Waals surface area contributed by atoms with E-state index in [0.717, 1.165) is 25.9 Å². The molecule has 1 fully saturated rings. The van der Waals surface area contributed by atoms with E-state index >= 15 is 0 Å². The van der Waals surface area contributed by atoms with Crippen LogP contribution in [0.25, 0.3) is 0 Å². The van der Waals surface area contributed by atoms with Gasteiger partial charge in [-0.1, -0.05) is 0 Å². The second-order valence-corrected chi connectivity index (χ2v) is 2.81. The van der Waals surface area contributed by atoms with E-state index in [2.05, 4.69) is 10.6 Å². The van der Waals surface area contributed by atoms with Gasteiger partial charge in [-0.3, -0.25) is 0 Å². The molecule has 0 radical (unpaired) electrons. The lowest BCUT2D eigenvalue weighted by molar-refractivity contribution is 0.134. The summed E-state index contributed by atoms with van der Waals surface area (Å²) in [5, 5.41) is 15.7. The summed E-state index contributed by atoms with van der Waals surface area (Å²) >= 11 is 0. The molecule has 0 aromatic rings. The van der Waals surface area contributed by atoms with Crippen LogP contribution in [-0.2, 0) is 0 Å². The molecule has 3 N–H and O–H groups in total. The number of nitrogens with one attached hydrogen (secondary N) is 2. The van der Waals surface area contributed by atoms with Crippen molar-refractivity contribution in [2.45, 2.75) is 25.0 Å². The molecular weight excluding hydrogens is 128 g/mol. The second-order valence-electron chi connectivity index (χ2n) is 2.81. The molecule has 1 saturated heterocycles. The van der Waals surface area contributed by atoms with Crippen molar-refractivity contribution < 1.29 is 5.11 Å². The highest BCUT2D eigenvalue weighted by Crippen LogP contribution is 2.04. The molecule has 2 atom stereocenters. The molecule has 3 nitrogen and oxygen atoms in total. The van der Waals surface area contributed by atoms with E-state index in [9.17, 15) is 5.11 Å². The SMILES string of the molecule is CNC1CCCNCC1O. The van der Waals surface area contributed by atoms with Gasteiger partial charge in [-0.05, 0) is 26.4 Å². The van der Waals surface area contributed by atoms with Crippen LogP contribution >= 0.6 is 0 Å². The molecular formula is C7H16N2O. The van der Waals surface area contributed by atoms with Crippen molar-refractivity contribution >= 4 is 0 Å². The van der Waals surface area contributed by atoms with Gasteiger partial charge in [-0.2, -0.15) is 0 Å². The Morgan fingerprint density at radius 2 is 2.40 bits per heavy atom. The summed E-state index contributed by atoms with van der Waals surface area (Å²) < 4.78 is 0. The van der Waals surface area contributed by atoms with E-state index in [0.29, 0.717) is 0 Å². The summed E-state index contributed by atoms with van der Waals surface area (Å²) in [5.41, 5.74) is 0. The van der Waals surface area contributed by atoms with Crippen LogP contribution < -0.4 is 10.6 Å². The summed E-state index contributed by atoms with van der Waals surface area (Å²) in [5.74, 6) is 0. The minimum Gasteiger partial charge on any atom is -0.390 e. The zero-order valence-electron chi connectivity index (χ0n) is 6.43. The molecule has 0 aromatic heterocycles. The maximum atomic E-state index is 9.42. The Labute approximate surface area is 61.8 Å². The van der Waals surface area contributed by atoms with Crippen LogP contribution in [-0.4, -0.2) is 37.4 Å². The Hall–Kier alpha value is -0.120. The lowest BCUT2D eigenvalue weighted by Gasteiger charge is -2.18. The summed E-state index contributed by atoms with van der Waals surface area (Å²) in [6.45, 7) is 1.76. The number of β-amino-alcohol motifs (C(OH)–C–C–N with tert-alkyl or cyclic N) is 1. The Balaban J connectivity index is 2.35. The van der Waals surface area contributed by atoms with Crippen molar-refractivity contribution in [3.63, 3.8) is 0 Å². The third-order valence-electron chi connectivity index (χ3n) is 2.06. The first kappa shape index (κ1) is 7.98. The second kappa shape index (κ2) is 3.91. The van der Waals surface area contributed by atoms with Gasteiger partial charge in [0.1, 0.15) is 0 Å². The molecule has 0 aromatic carbocycles. The smallest absolute Gasteiger partial charge is 0.0817 e. The summed E-state index contributed by atoms with van der Waals surface area (Å²) in [4.78, 5) is 0. The first-order valence-corrected chi connectivity index (χ1v) is 3.90. The van der Waals surface area contributed by atoms with Crippen molar-refractivity contribution in [3.05, 3.63) is 0 Å². The van der Waals surface area contributed by atoms with Gasteiger partial charge < -0.3 is 15.7 Å². The van der Waals surface area contributed by atoms with Crippen molar-refractivity contribution in [1.29, 1.82) is 0 Å². The standard InChI is InChI=1S/C7H16N2O/c1-8-6-3-2-4-9-5-7(6)10/h6-10H,2-5H2,1H3. The van der Waals surface area contributed by atoms with Gasteiger partial charge in [0.2, 0.25) is 0 Å². The predicted molar refractivity (Wildman–Crippen MR) is 41.0 cm³/mol. The van der Waals surface area contributed by atoms with E-state index < -0.39 is 0 Å². The molecule has 2 unspecified atom stereocenters. The molecule has 3 heteroatoms. The van der Waals surface area contributed by atoms with Crippen LogP contribution in [0.4, 0.5) is 0 Å². The molecule has 1 heterocycles. The van der Waals surface area contributed by atoms with Gasteiger partial charge >= 0.3 is 0 Å². The topological polar surface area (TPSA) is 44.3 Å². The Bertz CT molecular complexity index is 97.6. The predicted octanol–water partition coefficient (Wildman–Crippen LogP) is -0.681. The van der Waals surface area contributed by atoms with E-state index in [-0.39, 0.29) is 12.1 Å². The molecule has 1 aliphatic rings. The first-order valence-electron chi connectivity index (χ1n) is 3.90. The van der Waals surface area contributed by atoms with Crippen molar-refractivity contribution in [1.82, 2.24) is 10.6 Å². The average Bonchev–Trinajstić information content (AvgIpc) is 2.13. The number of hydrogen-bond acceptors (Lipinski definition) is 3. The fourth-order valence-corrected chi connectivity index (χ4v) is 1.37. The summed E-state index contributed by atoms with van der Waals surface area (Å²) in [6.07, 6.45) is 2.01. The van der Waals surface area contributed by atoms with Gasteiger partial charge in [0, 0.05) is 12.6 Å².